The highest BCUT2D eigenvalue weighted by molar-refractivity contribution is 7.80. The lowest BCUT2D eigenvalue weighted by Gasteiger charge is -2.30. The third-order valence-corrected chi connectivity index (χ3v) is 5.25. The van der Waals surface area contributed by atoms with E-state index in [4.69, 9.17) is 26.4 Å². The third kappa shape index (κ3) is 6.28. The number of ether oxygens (including phenoxy) is 3. The maximum atomic E-state index is 13.1. The number of methoxy groups -OCH3 is 2. The molecule has 1 fully saturated rings. The molecule has 2 aromatic rings. The third-order valence-electron chi connectivity index (χ3n) is 5.05. The Morgan fingerprint density at radius 2 is 1.63 bits per heavy atom. The summed E-state index contributed by atoms with van der Waals surface area (Å²) >= 11 is 5.23. The number of carbonyl (C=O) groups excluding carboxylic acids is 3. The number of anilines is 2. The number of benzene rings is 2. The minimum absolute atomic E-state index is 0.0558. The van der Waals surface area contributed by atoms with Crippen LogP contribution in [0.2, 0.25) is 0 Å². The normalized spacial score (nSPS) is 12.9. The minimum Gasteiger partial charge on any atom is -0.465 e. The van der Waals surface area contributed by atoms with Gasteiger partial charge in [0.15, 0.2) is 5.11 Å². The van der Waals surface area contributed by atoms with Gasteiger partial charge in [-0.25, -0.2) is 9.59 Å². The van der Waals surface area contributed by atoms with Gasteiger partial charge in [0.1, 0.15) is 0 Å². The zero-order chi connectivity index (χ0) is 25.5. The smallest absolute Gasteiger partial charge is 0.337 e. The van der Waals surface area contributed by atoms with Gasteiger partial charge in [-0.2, -0.15) is 0 Å². The summed E-state index contributed by atoms with van der Waals surface area (Å²) in [7, 11) is 2.38. The molecule has 1 heterocycles. The number of non-ortho nitro benzene ring substituents is 1. The van der Waals surface area contributed by atoms with E-state index >= 15 is 0 Å². The fourth-order valence-corrected chi connectivity index (χ4v) is 3.61. The molecule has 1 aliphatic rings. The first kappa shape index (κ1) is 25.5. The topological polar surface area (TPSA) is 149 Å². The Hall–Kier alpha value is -4.10. The van der Waals surface area contributed by atoms with Crippen LogP contribution in [0.15, 0.2) is 36.4 Å². The average Bonchev–Trinajstić information content (AvgIpc) is 2.87. The molecule has 0 unspecified atom stereocenters. The van der Waals surface area contributed by atoms with Crippen LogP contribution in [0.3, 0.4) is 0 Å². The molecule has 35 heavy (non-hydrogen) atoms. The Morgan fingerprint density at radius 1 is 1.03 bits per heavy atom. The fraction of sp³-hybridized carbons (Fsp3) is 0.273. The highest BCUT2D eigenvalue weighted by Crippen LogP contribution is 2.26. The molecular formula is C22H22N4O8S. The van der Waals surface area contributed by atoms with E-state index in [0.717, 1.165) is 0 Å². The number of thiocarbonyl (C=S) groups is 1. The van der Waals surface area contributed by atoms with Crippen LogP contribution in [-0.2, 0) is 14.2 Å². The number of nitro benzene ring substituents is 1. The number of carbonyl (C=O) groups is 3. The number of nitrogens with zero attached hydrogens (tertiary/aromatic N) is 2. The van der Waals surface area contributed by atoms with Gasteiger partial charge in [0.2, 0.25) is 0 Å². The number of esters is 2. The predicted octanol–water partition coefficient (Wildman–Crippen LogP) is 2.13. The van der Waals surface area contributed by atoms with Crippen molar-refractivity contribution in [3.05, 3.63) is 63.2 Å². The monoisotopic (exact) mass is 502 g/mol. The molecule has 1 amide bonds. The van der Waals surface area contributed by atoms with Crippen LogP contribution in [0, 0.1) is 10.1 Å². The van der Waals surface area contributed by atoms with Crippen molar-refractivity contribution >= 4 is 52.2 Å². The summed E-state index contributed by atoms with van der Waals surface area (Å²) in [4.78, 5) is 49.6. The molecule has 12 nitrogen and oxygen atoms in total. The number of nitro groups is 1. The van der Waals surface area contributed by atoms with Gasteiger partial charge in [-0.3, -0.25) is 20.2 Å². The van der Waals surface area contributed by atoms with E-state index in [0.29, 0.717) is 32.0 Å². The van der Waals surface area contributed by atoms with Gasteiger partial charge in [-0.1, -0.05) is 0 Å². The summed E-state index contributed by atoms with van der Waals surface area (Å²) in [5.41, 5.74) is 0.634. The number of hydrogen-bond donors (Lipinski definition) is 2. The summed E-state index contributed by atoms with van der Waals surface area (Å²) in [6.07, 6.45) is 0. The highest BCUT2D eigenvalue weighted by atomic mass is 32.1. The Kier molecular flexibility index (Phi) is 8.28. The van der Waals surface area contributed by atoms with Crippen molar-refractivity contribution < 1.29 is 33.5 Å². The van der Waals surface area contributed by atoms with Gasteiger partial charge in [-0.05, 0) is 36.5 Å². The molecule has 184 valence electrons. The minimum atomic E-state index is -0.694. The molecule has 0 aromatic heterocycles. The van der Waals surface area contributed by atoms with Crippen LogP contribution in [0.5, 0.6) is 0 Å². The van der Waals surface area contributed by atoms with Gasteiger partial charge < -0.3 is 24.4 Å². The molecular weight excluding hydrogens is 480 g/mol. The van der Waals surface area contributed by atoms with Crippen molar-refractivity contribution in [1.82, 2.24) is 5.32 Å². The Morgan fingerprint density at radius 3 is 2.17 bits per heavy atom. The van der Waals surface area contributed by atoms with Gasteiger partial charge >= 0.3 is 11.9 Å². The second-order valence-corrected chi connectivity index (χ2v) is 7.66. The maximum Gasteiger partial charge on any atom is 0.337 e. The fourth-order valence-electron chi connectivity index (χ4n) is 3.40. The van der Waals surface area contributed by atoms with Gasteiger partial charge in [-0.15, -0.1) is 0 Å². The molecule has 0 spiro atoms. The van der Waals surface area contributed by atoms with Gasteiger partial charge in [0, 0.05) is 30.9 Å². The van der Waals surface area contributed by atoms with E-state index in [1.807, 2.05) is 4.90 Å². The number of nitrogens with one attached hydrogen (secondary N) is 2. The van der Waals surface area contributed by atoms with E-state index in [2.05, 4.69) is 10.6 Å². The maximum absolute atomic E-state index is 13.1. The molecule has 0 saturated carbocycles. The Balaban J connectivity index is 1.85. The molecule has 3 rings (SSSR count). The molecule has 0 aliphatic carbocycles. The van der Waals surface area contributed by atoms with Crippen LogP contribution in [0.1, 0.15) is 31.1 Å². The lowest BCUT2D eigenvalue weighted by molar-refractivity contribution is -0.384. The number of amides is 1. The highest BCUT2D eigenvalue weighted by Gasteiger charge is 2.23. The summed E-state index contributed by atoms with van der Waals surface area (Å²) < 4.78 is 14.7. The SMILES string of the molecule is COC(=O)c1cc(NC(=S)NC(=O)c2cc([N+](=O)[O-])ccc2N2CCOCC2)cc(C(=O)OC)c1. The Bertz CT molecular complexity index is 1150. The van der Waals surface area contributed by atoms with E-state index in [1.54, 1.807) is 0 Å². The van der Waals surface area contributed by atoms with Crippen molar-refractivity contribution in [1.29, 1.82) is 0 Å². The lowest BCUT2D eigenvalue weighted by atomic mass is 10.1. The first-order valence-electron chi connectivity index (χ1n) is 10.3. The van der Waals surface area contributed by atoms with Crippen LogP contribution >= 0.6 is 12.2 Å². The average molecular weight is 503 g/mol. The molecule has 0 radical (unpaired) electrons. The second-order valence-electron chi connectivity index (χ2n) is 7.25. The zero-order valence-corrected chi connectivity index (χ0v) is 19.7. The second kappa shape index (κ2) is 11.4. The number of hydrogen-bond acceptors (Lipinski definition) is 10. The zero-order valence-electron chi connectivity index (χ0n) is 18.9. The lowest BCUT2D eigenvalue weighted by Crippen LogP contribution is -2.39. The predicted molar refractivity (Wildman–Crippen MR) is 129 cm³/mol. The van der Waals surface area contributed by atoms with E-state index in [-0.39, 0.29) is 33.2 Å². The van der Waals surface area contributed by atoms with E-state index in [1.165, 1.54) is 50.6 Å². The molecule has 0 bridgehead atoms. The van der Waals surface area contributed by atoms with Crippen molar-refractivity contribution in [2.45, 2.75) is 0 Å². The molecule has 1 saturated heterocycles. The number of morpholine rings is 1. The standard InChI is InChI=1S/C22H22N4O8S/c1-32-20(28)13-9-14(21(29)33-2)11-15(10-13)23-22(35)24-19(27)17-12-16(26(30)31)3-4-18(17)25-5-7-34-8-6-25/h3-4,9-12H,5-8H2,1-2H3,(H2,23,24,27,35). The Labute approximate surface area is 205 Å². The van der Waals surface area contributed by atoms with Crippen molar-refractivity contribution in [3.8, 4) is 0 Å². The van der Waals surface area contributed by atoms with Crippen molar-refractivity contribution in [2.24, 2.45) is 0 Å². The quantitative estimate of drug-likeness (QED) is 0.259. The molecule has 1 aliphatic heterocycles. The van der Waals surface area contributed by atoms with Gasteiger partial charge in [0.05, 0.1) is 54.7 Å². The van der Waals surface area contributed by atoms with E-state index < -0.39 is 22.8 Å². The van der Waals surface area contributed by atoms with E-state index in [9.17, 15) is 24.5 Å². The molecule has 2 N–H and O–H groups in total. The van der Waals surface area contributed by atoms with Crippen LogP contribution in [0.25, 0.3) is 0 Å². The number of rotatable bonds is 6. The summed E-state index contributed by atoms with van der Waals surface area (Å²) in [5.74, 6) is -2.06. The first-order valence-corrected chi connectivity index (χ1v) is 10.7. The molecule has 2 aromatic carbocycles. The van der Waals surface area contributed by atoms with Crippen LogP contribution in [-0.4, -0.2) is 68.4 Å². The van der Waals surface area contributed by atoms with Crippen LogP contribution in [0.4, 0.5) is 17.1 Å². The summed E-state index contributed by atoms with van der Waals surface area (Å²) in [6, 6.07) is 8.06. The summed E-state index contributed by atoms with van der Waals surface area (Å²) in [5, 5.41) is 16.3. The summed E-state index contributed by atoms with van der Waals surface area (Å²) in [6.45, 7) is 1.93. The largest absolute Gasteiger partial charge is 0.465 e. The molecule has 13 heteroatoms. The van der Waals surface area contributed by atoms with Crippen molar-refractivity contribution in [2.75, 3.05) is 50.7 Å². The van der Waals surface area contributed by atoms with Crippen LogP contribution < -0.4 is 15.5 Å². The van der Waals surface area contributed by atoms with Crippen molar-refractivity contribution in [3.63, 3.8) is 0 Å². The van der Waals surface area contributed by atoms with Gasteiger partial charge in [0.25, 0.3) is 11.6 Å². The molecule has 0 atom stereocenters. The first-order chi connectivity index (χ1) is 16.7.